The van der Waals surface area contributed by atoms with Crippen molar-refractivity contribution in [2.24, 2.45) is 18.9 Å². The molecule has 4 rings (SSSR count). The molecule has 2 aliphatic heterocycles. The summed E-state index contributed by atoms with van der Waals surface area (Å²) in [7, 11) is 1.76. The summed E-state index contributed by atoms with van der Waals surface area (Å²) < 4.78 is 1.59. The smallest absolute Gasteiger partial charge is 0.250 e. The van der Waals surface area contributed by atoms with E-state index in [1.807, 2.05) is 22.1 Å². The first kappa shape index (κ1) is 20.2. The number of rotatable bonds is 3. The van der Waals surface area contributed by atoms with Crippen molar-refractivity contribution in [2.75, 3.05) is 26.2 Å². The van der Waals surface area contributed by atoms with Gasteiger partial charge >= 0.3 is 0 Å². The predicted octanol–water partition coefficient (Wildman–Crippen LogP) is 2.52. The molecule has 3 heterocycles. The molecule has 0 spiro atoms. The van der Waals surface area contributed by atoms with Crippen LogP contribution < -0.4 is 5.56 Å². The quantitative estimate of drug-likeness (QED) is 0.785. The van der Waals surface area contributed by atoms with E-state index >= 15 is 0 Å². The van der Waals surface area contributed by atoms with Crippen LogP contribution in [0.5, 0.6) is 0 Å². The minimum Gasteiger partial charge on any atom is -0.342 e. The van der Waals surface area contributed by atoms with Crippen molar-refractivity contribution in [1.82, 2.24) is 14.4 Å². The van der Waals surface area contributed by atoms with Gasteiger partial charge in [-0.1, -0.05) is 12.8 Å². The van der Waals surface area contributed by atoms with Gasteiger partial charge in [0.05, 0.1) is 0 Å². The molecule has 0 bridgehead atoms. The highest BCUT2D eigenvalue weighted by atomic mass is 16.2. The largest absolute Gasteiger partial charge is 0.342 e. The van der Waals surface area contributed by atoms with E-state index in [-0.39, 0.29) is 23.3 Å². The topological polar surface area (TPSA) is 62.6 Å². The molecule has 1 aromatic rings. The fraction of sp³-hybridized carbons (Fsp3) is 0.696. The van der Waals surface area contributed by atoms with E-state index in [2.05, 4.69) is 0 Å². The van der Waals surface area contributed by atoms with Gasteiger partial charge in [-0.15, -0.1) is 0 Å². The predicted molar refractivity (Wildman–Crippen MR) is 112 cm³/mol. The Morgan fingerprint density at radius 1 is 0.828 bits per heavy atom. The molecule has 6 heteroatoms. The van der Waals surface area contributed by atoms with E-state index < -0.39 is 0 Å². The van der Waals surface area contributed by atoms with Crippen molar-refractivity contribution < 1.29 is 9.59 Å². The lowest BCUT2D eigenvalue weighted by molar-refractivity contribution is -0.143. The maximum absolute atomic E-state index is 13.0. The van der Waals surface area contributed by atoms with Gasteiger partial charge in [-0.2, -0.15) is 0 Å². The van der Waals surface area contributed by atoms with Crippen molar-refractivity contribution in [3.63, 3.8) is 0 Å². The van der Waals surface area contributed by atoms with Gasteiger partial charge in [0.1, 0.15) is 0 Å². The molecule has 29 heavy (non-hydrogen) atoms. The summed E-state index contributed by atoms with van der Waals surface area (Å²) in [5.74, 6) is 1.24. The first-order valence-electron chi connectivity index (χ1n) is 11.3. The molecule has 1 aliphatic carbocycles. The van der Waals surface area contributed by atoms with Crippen LogP contribution in [-0.2, 0) is 16.6 Å². The van der Waals surface area contributed by atoms with Gasteiger partial charge in [0.15, 0.2) is 0 Å². The van der Waals surface area contributed by atoms with E-state index in [9.17, 15) is 14.4 Å². The standard InChI is InChI=1S/C23H33N3O3/c1-24-11-6-20(16-21(24)27)17-7-12-25(13-8-17)23(29)19-9-14-26(15-10-19)22(28)18-4-2-3-5-18/h6,11,16-19H,2-5,7-10,12-15H2,1H3. The number of piperidine rings is 2. The number of likely N-dealkylation sites (tertiary alicyclic amines) is 2. The Morgan fingerprint density at radius 3 is 1.90 bits per heavy atom. The highest BCUT2D eigenvalue weighted by Gasteiger charge is 2.34. The fourth-order valence-electron chi connectivity index (χ4n) is 5.29. The summed E-state index contributed by atoms with van der Waals surface area (Å²) in [5.41, 5.74) is 1.12. The zero-order chi connectivity index (χ0) is 20.4. The molecular formula is C23H33N3O3. The van der Waals surface area contributed by atoms with Gasteiger partial charge in [0, 0.05) is 57.3 Å². The van der Waals surface area contributed by atoms with Crippen LogP contribution in [0.1, 0.15) is 62.8 Å². The Hall–Kier alpha value is -2.11. The summed E-state index contributed by atoms with van der Waals surface area (Å²) in [5, 5.41) is 0. The van der Waals surface area contributed by atoms with Crippen molar-refractivity contribution in [1.29, 1.82) is 0 Å². The molecule has 158 valence electrons. The zero-order valence-electron chi connectivity index (χ0n) is 17.5. The third-order valence-electron chi connectivity index (χ3n) is 7.27. The Balaban J connectivity index is 1.26. The van der Waals surface area contributed by atoms with Crippen LogP contribution in [0.15, 0.2) is 23.1 Å². The molecule has 3 fully saturated rings. The Labute approximate surface area is 172 Å². The summed E-state index contributed by atoms with van der Waals surface area (Å²) in [6, 6.07) is 3.76. The average molecular weight is 400 g/mol. The number of hydrogen-bond donors (Lipinski definition) is 0. The van der Waals surface area contributed by atoms with Crippen molar-refractivity contribution in [2.45, 2.75) is 57.3 Å². The van der Waals surface area contributed by atoms with Crippen LogP contribution in [0.2, 0.25) is 0 Å². The number of aryl methyl sites for hydroxylation is 1. The Kier molecular flexibility index (Phi) is 6.07. The SMILES string of the molecule is Cn1ccc(C2CCN(C(=O)C3CCN(C(=O)C4CCCC4)CC3)CC2)cc1=O. The second kappa shape index (κ2) is 8.72. The summed E-state index contributed by atoms with van der Waals surface area (Å²) in [4.78, 5) is 41.5. The van der Waals surface area contributed by atoms with Crippen LogP contribution in [0.25, 0.3) is 0 Å². The maximum atomic E-state index is 13.0. The highest BCUT2D eigenvalue weighted by Crippen LogP contribution is 2.31. The van der Waals surface area contributed by atoms with Gasteiger partial charge in [-0.05, 0) is 56.1 Å². The van der Waals surface area contributed by atoms with E-state index in [4.69, 9.17) is 0 Å². The Bertz CT molecular complexity index is 796. The molecular weight excluding hydrogens is 366 g/mol. The van der Waals surface area contributed by atoms with Crippen molar-refractivity contribution >= 4 is 11.8 Å². The molecule has 0 radical (unpaired) electrons. The number of hydrogen-bond acceptors (Lipinski definition) is 3. The van der Waals surface area contributed by atoms with Gasteiger partial charge in [0.2, 0.25) is 11.8 Å². The van der Waals surface area contributed by atoms with Gasteiger partial charge in [0.25, 0.3) is 5.56 Å². The lowest BCUT2D eigenvalue weighted by Gasteiger charge is -2.38. The van der Waals surface area contributed by atoms with Crippen LogP contribution in [0.4, 0.5) is 0 Å². The Morgan fingerprint density at radius 2 is 1.34 bits per heavy atom. The molecule has 2 amide bonds. The summed E-state index contributed by atoms with van der Waals surface area (Å²) in [6.07, 6.45) is 9.70. The van der Waals surface area contributed by atoms with Crippen LogP contribution in [0.3, 0.4) is 0 Å². The van der Waals surface area contributed by atoms with Gasteiger partial charge in [-0.25, -0.2) is 0 Å². The number of carbonyl (C=O) groups is 2. The monoisotopic (exact) mass is 399 g/mol. The molecule has 0 aromatic carbocycles. The summed E-state index contributed by atoms with van der Waals surface area (Å²) >= 11 is 0. The second-order valence-electron chi connectivity index (χ2n) is 9.09. The molecule has 1 saturated carbocycles. The highest BCUT2D eigenvalue weighted by molar-refractivity contribution is 5.81. The first-order chi connectivity index (χ1) is 14.0. The third kappa shape index (κ3) is 4.41. The zero-order valence-corrected chi connectivity index (χ0v) is 17.5. The van der Waals surface area contributed by atoms with Gasteiger partial charge in [-0.3, -0.25) is 14.4 Å². The van der Waals surface area contributed by atoms with Crippen LogP contribution >= 0.6 is 0 Å². The summed E-state index contributed by atoms with van der Waals surface area (Å²) in [6.45, 7) is 2.99. The minimum absolute atomic E-state index is 0.0277. The third-order valence-corrected chi connectivity index (χ3v) is 7.27. The molecule has 1 aromatic heterocycles. The van der Waals surface area contributed by atoms with Crippen molar-refractivity contribution in [3.05, 3.63) is 34.2 Å². The lowest BCUT2D eigenvalue weighted by atomic mass is 9.88. The number of nitrogens with zero attached hydrogens (tertiary/aromatic N) is 3. The van der Waals surface area contributed by atoms with E-state index in [1.54, 1.807) is 17.7 Å². The average Bonchev–Trinajstić information content (AvgIpc) is 3.30. The van der Waals surface area contributed by atoms with E-state index in [0.717, 1.165) is 70.3 Å². The molecule has 0 unspecified atom stereocenters. The first-order valence-corrected chi connectivity index (χ1v) is 11.3. The fourth-order valence-corrected chi connectivity index (χ4v) is 5.29. The molecule has 6 nitrogen and oxygen atoms in total. The normalized spacial score (nSPS) is 22.2. The minimum atomic E-state index is 0.0277. The lowest BCUT2D eigenvalue weighted by Crippen LogP contribution is -2.47. The number of carbonyl (C=O) groups excluding carboxylic acids is 2. The second-order valence-corrected chi connectivity index (χ2v) is 9.09. The molecule has 0 atom stereocenters. The van der Waals surface area contributed by atoms with E-state index in [1.165, 1.54) is 12.8 Å². The van der Waals surface area contributed by atoms with Crippen molar-refractivity contribution in [3.8, 4) is 0 Å². The number of pyridine rings is 1. The molecule has 0 N–H and O–H groups in total. The van der Waals surface area contributed by atoms with Crippen LogP contribution in [-0.4, -0.2) is 52.4 Å². The number of aromatic nitrogens is 1. The van der Waals surface area contributed by atoms with Gasteiger partial charge < -0.3 is 14.4 Å². The molecule has 2 saturated heterocycles. The molecule has 3 aliphatic rings. The maximum Gasteiger partial charge on any atom is 0.250 e. The number of amides is 2. The van der Waals surface area contributed by atoms with E-state index in [0.29, 0.717) is 11.8 Å². The van der Waals surface area contributed by atoms with Crippen LogP contribution in [0, 0.1) is 11.8 Å².